The van der Waals surface area contributed by atoms with Crippen molar-refractivity contribution in [2.75, 3.05) is 19.6 Å². The van der Waals surface area contributed by atoms with Gasteiger partial charge in [-0.3, -0.25) is 9.58 Å². The van der Waals surface area contributed by atoms with Crippen LogP contribution in [0.4, 0.5) is 0 Å². The molecule has 0 aliphatic heterocycles. The zero-order valence-electron chi connectivity index (χ0n) is 10.7. The fourth-order valence-electron chi connectivity index (χ4n) is 1.79. The first kappa shape index (κ1) is 13.2. The van der Waals surface area contributed by atoms with E-state index in [1.54, 1.807) is 0 Å². The van der Waals surface area contributed by atoms with Gasteiger partial charge >= 0.3 is 0 Å². The predicted molar refractivity (Wildman–Crippen MR) is 67.2 cm³/mol. The molecule has 1 heterocycles. The van der Waals surface area contributed by atoms with Crippen LogP contribution in [-0.2, 0) is 20.0 Å². The predicted octanol–water partition coefficient (Wildman–Crippen LogP) is 1.15. The Morgan fingerprint density at radius 1 is 1.44 bits per heavy atom. The first-order valence-electron chi connectivity index (χ1n) is 6.15. The summed E-state index contributed by atoms with van der Waals surface area (Å²) in [5.74, 6) is 0. The van der Waals surface area contributed by atoms with Gasteiger partial charge in [-0.1, -0.05) is 13.8 Å². The molecule has 4 heteroatoms. The maximum atomic E-state index is 5.54. The molecule has 0 bridgehead atoms. The normalized spacial score (nSPS) is 11.3. The van der Waals surface area contributed by atoms with Gasteiger partial charge in [0.15, 0.2) is 0 Å². The topological polar surface area (TPSA) is 47.1 Å². The number of hydrogen-bond donors (Lipinski definition) is 1. The molecule has 0 spiro atoms. The van der Waals surface area contributed by atoms with Gasteiger partial charge < -0.3 is 5.73 Å². The van der Waals surface area contributed by atoms with E-state index in [0.717, 1.165) is 39.0 Å². The Morgan fingerprint density at radius 3 is 2.69 bits per heavy atom. The van der Waals surface area contributed by atoms with Crippen molar-refractivity contribution in [3.8, 4) is 0 Å². The lowest BCUT2D eigenvalue weighted by Crippen LogP contribution is -2.26. The van der Waals surface area contributed by atoms with Crippen LogP contribution in [0.15, 0.2) is 6.07 Å². The summed E-state index contributed by atoms with van der Waals surface area (Å²) in [4.78, 5) is 2.41. The molecule has 0 atom stereocenters. The summed E-state index contributed by atoms with van der Waals surface area (Å²) in [6.45, 7) is 8.19. The SMILES string of the molecule is CCc1cc(CN(CC)CCCN)n(C)n1. The van der Waals surface area contributed by atoms with Crippen LogP contribution in [0.3, 0.4) is 0 Å². The monoisotopic (exact) mass is 224 g/mol. The summed E-state index contributed by atoms with van der Waals surface area (Å²) in [6.07, 6.45) is 2.06. The second kappa shape index (κ2) is 6.66. The number of nitrogens with two attached hydrogens (primary N) is 1. The molecule has 2 N–H and O–H groups in total. The largest absolute Gasteiger partial charge is 0.330 e. The first-order valence-corrected chi connectivity index (χ1v) is 6.15. The quantitative estimate of drug-likeness (QED) is 0.756. The van der Waals surface area contributed by atoms with E-state index in [9.17, 15) is 0 Å². The van der Waals surface area contributed by atoms with E-state index in [2.05, 4.69) is 29.9 Å². The second-order valence-electron chi connectivity index (χ2n) is 4.12. The molecule has 0 aliphatic rings. The van der Waals surface area contributed by atoms with Crippen LogP contribution in [0.25, 0.3) is 0 Å². The van der Waals surface area contributed by atoms with Crippen LogP contribution in [0.1, 0.15) is 31.7 Å². The Morgan fingerprint density at radius 2 is 2.19 bits per heavy atom. The van der Waals surface area contributed by atoms with Crippen molar-refractivity contribution >= 4 is 0 Å². The molecule has 16 heavy (non-hydrogen) atoms. The number of hydrogen-bond acceptors (Lipinski definition) is 3. The van der Waals surface area contributed by atoms with Crippen LogP contribution in [0.2, 0.25) is 0 Å². The second-order valence-corrected chi connectivity index (χ2v) is 4.12. The Bertz CT molecular complexity index is 306. The number of nitrogens with zero attached hydrogens (tertiary/aromatic N) is 3. The van der Waals surface area contributed by atoms with Crippen molar-refractivity contribution in [3.63, 3.8) is 0 Å². The third-order valence-electron chi connectivity index (χ3n) is 2.90. The molecule has 0 amide bonds. The highest BCUT2D eigenvalue weighted by Crippen LogP contribution is 2.07. The molecule has 1 rings (SSSR count). The summed E-state index contributed by atoms with van der Waals surface area (Å²) >= 11 is 0. The van der Waals surface area contributed by atoms with Gasteiger partial charge in [-0.2, -0.15) is 5.10 Å². The lowest BCUT2D eigenvalue weighted by atomic mass is 10.3. The van der Waals surface area contributed by atoms with E-state index >= 15 is 0 Å². The van der Waals surface area contributed by atoms with Crippen molar-refractivity contribution in [1.82, 2.24) is 14.7 Å². The van der Waals surface area contributed by atoms with Gasteiger partial charge in [0.25, 0.3) is 0 Å². The van der Waals surface area contributed by atoms with Gasteiger partial charge in [-0.05, 0) is 38.5 Å². The fourth-order valence-corrected chi connectivity index (χ4v) is 1.79. The lowest BCUT2D eigenvalue weighted by Gasteiger charge is -2.19. The molecule has 0 aromatic carbocycles. The van der Waals surface area contributed by atoms with E-state index in [4.69, 9.17) is 5.73 Å². The highest BCUT2D eigenvalue weighted by Gasteiger charge is 2.08. The number of aromatic nitrogens is 2. The minimum absolute atomic E-state index is 0.766. The third kappa shape index (κ3) is 3.61. The van der Waals surface area contributed by atoms with Gasteiger partial charge in [-0.15, -0.1) is 0 Å². The standard InChI is InChI=1S/C12H24N4/c1-4-11-9-12(15(3)14-11)10-16(5-2)8-6-7-13/h9H,4-8,10,13H2,1-3H3. The van der Waals surface area contributed by atoms with Gasteiger partial charge in [0, 0.05) is 13.6 Å². The summed E-state index contributed by atoms with van der Waals surface area (Å²) < 4.78 is 1.99. The molecule has 1 aromatic heterocycles. The number of rotatable bonds is 7. The van der Waals surface area contributed by atoms with E-state index in [0.29, 0.717) is 0 Å². The molecule has 4 nitrogen and oxygen atoms in total. The number of aryl methyl sites for hydroxylation is 2. The summed E-state index contributed by atoms with van der Waals surface area (Å²) in [6, 6.07) is 2.20. The third-order valence-corrected chi connectivity index (χ3v) is 2.90. The Hall–Kier alpha value is -0.870. The van der Waals surface area contributed by atoms with Crippen LogP contribution in [0.5, 0.6) is 0 Å². The van der Waals surface area contributed by atoms with Gasteiger partial charge in [-0.25, -0.2) is 0 Å². The average Bonchev–Trinajstić information content (AvgIpc) is 2.65. The summed E-state index contributed by atoms with van der Waals surface area (Å²) in [5, 5.41) is 4.46. The maximum Gasteiger partial charge on any atom is 0.0625 e. The highest BCUT2D eigenvalue weighted by atomic mass is 15.3. The van der Waals surface area contributed by atoms with Gasteiger partial charge in [0.1, 0.15) is 0 Å². The Balaban J connectivity index is 2.58. The molecular weight excluding hydrogens is 200 g/mol. The molecule has 0 aliphatic carbocycles. The first-order chi connectivity index (χ1) is 7.71. The van der Waals surface area contributed by atoms with Crippen LogP contribution in [-0.4, -0.2) is 34.3 Å². The zero-order valence-corrected chi connectivity index (χ0v) is 10.7. The van der Waals surface area contributed by atoms with Gasteiger partial charge in [0.05, 0.1) is 11.4 Å². The van der Waals surface area contributed by atoms with Crippen molar-refractivity contribution in [2.24, 2.45) is 12.8 Å². The van der Waals surface area contributed by atoms with Gasteiger partial charge in [0.2, 0.25) is 0 Å². The molecule has 0 saturated carbocycles. The van der Waals surface area contributed by atoms with Crippen LogP contribution >= 0.6 is 0 Å². The van der Waals surface area contributed by atoms with E-state index in [1.165, 1.54) is 11.4 Å². The van der Waals surface area contributed by atoms with Crippen molar-refractivity contribution in [3.05, 3.63) is 17.5 Å². The molecule has 1 aromatic rings. The molecule has 92 valence electrons. The molecule has 0 unspecified atom stereocenters. The van der Waals surface area contributed by atoms with Crippen LogP contribution < -0.4 is 5.73 Å². The molecule has 0 fully saturated rings. The zero-order chi connectivity index (χ0) is 12.0. The van der Waals surface area contributed by atoms with Crippen molar-refractivity contribution in [1.29, 1.82) is 0 Å². The maximum absolute atomic E-state index is 5.54. The summed E-state index contributed by atoms with van der Waals surface area (Å²) in [7, 11) is 2.02. The van der Waals surface area contributed by atoms with E-state index < -0.39 is 0 Å². The molecule has 0 radical (unpaired) electrons. The van der Waals surface area contributed by atoms with Crippen LogP contribution in [0, 0.1) is 0 Å². The Labute approximate surface area is 98.4 Å². The van der Waals surface area contributed by atoms with E-state index in [1.807, 2.05) is 11.7 Å². The van der Waals surface area contributed by atoms with Crippen molar-refractivity contribution in [2.45, 2.75) is 33.2 Å². The summed E-state index contributed by atoms with van der Waals surface area (Å²) in [5.41, 5.74) is 8.00. The smallest absolute Gasteiger partial charge is 0.0625 e. The highest BCUT2D eigenvalue weighted by molar-refractivity contribution is 5.10. The Kier molecular flexibility index (Phi) is 5.49. The van der Waals surface area contributed by atoms with Crippen molar-refractivity contribution < 1.29 is 0 Å². The van der Waals surface area contributed by atoms with E-state index in [-0.39, 0.29) is 0 Å². The molecule has 0 saturated heterocycles. The fraction of sp³-hybridized carbons (Fsp3) is 0.750. The molecular formula is C12H24N4. The lowest BCUT2D eigenvalue weighted by molar-refractivity contribution is 0.270. The average molecular weight is 224 g/mol. The minimum atomic E-state index is 0.766. The minimum Gasteiger partial charge on any atom is -0.330 e.